The summed E-state index contributed by atoms with van der Waals surface area (Å²) in [5, 5.41) is 0. The molecule has 1 unspecified atom stereocenters. The van der Waals surface area contributed by atoms with E-state index >= 15 is 0 Å². The maximum Gasteiger partial charge on any atom is 0.0462 e. The highest BCUT2D eigenvalue weighted by Gasteiger charge is 2.32. The lowest BCUT2D eigenvalue weighted by Gasteiger charge is -2.33. The summed E-state index contributed by atoms with van der Waals surface area (Å²) in [5.41, 5.74) is 6.48. The van der Waals surface area contributed by atoms with Gasteiger partial charge in [-0.1, -0.05) is 0 Å². The standard InChI is InChI=1S/C12H26N2O/c1-12(2)7-5-8-14(12)10-11(13)6-4-9-15-3/h11H,4-10,13H2,1-3H3. The molecular weight excluding hydrogens is 188 g/mol. The van der Waals surface area contributed by atoms with Crippen molar-refractivity contribution in [2.75, 3.05) is 26.8 Å². The van der Waals surface area contributed by atoms with E-state index in [-0.39, 0.29) is 0 Å². The van der Waals surface area contributed by atoms with Crippen LogP contribution in [0.1, 0.15) is 39.5 Å². The fourth-order valence-corrected chi connectivity index (χ4v) is 2.37. The van der Waals surface area contributed by atoms with Gasteiger partial charge in [0, 0.05) is 31.8 Å². The van der Waals surface area contributed by atoms with E-state index in [0.29, 0.717) is 11.6 Å². The van der Waals surface area contributed by atoms with E-state index < -0.39 is 0 Å². The molecule has 0 amide bonds. The predicted octanol–water partition coefficient (Wildman–Crippen LogP) is 1.61. The van der Waals surface area contributed by atoms with Crippen LogP contribution in [0, 0.1) is 0 Å². The Morgan fingerprint density at radius 2 is 2.20 bits per heavy atom. The van der Waals surface area contributed by atoms with Crippen LogP contribution in [-0.2, 0) is 4.74 Å². The van der Waals surface area contributed by atoms with Crippen LogP contribution in [-0.4, -0.2) is 43.3 Å². The van der Waals surface area contributed by atoms with Gasteiger partial charge in [0.2, 0.25) is 0 Å². The number of ether oxygens (including phenoxy) is 1. The molecule has 0 radical (unpaired) electrons. The molecule has 0 bridgehead atoms. The van der Waals surface area contributed by atoms with Crippen molar-refractivity contribution in [3.63, 3.8) is 0 Å². The van der Waals surface area contributed by atoms with Crippen molar-refractivity contribution >= 4 is 0 Å². The van der Waals surface area contributed by atoms with Crippen molar-refractivity contribution in [1.82, 2.24) is 4.90 Å². The molecule has 1 fully saturated rings. The summed E-state index contributed by atoms with van der Waals surface area (Å²) >= 11 is 0. The first-order valence-corrected chi connectivity index (χ1v) is 6.06. The first kappa shape index (κ1) is 12.9. The fourth-order valence-electron chi connectivity index (χ4n) is 2.37. The second-order valence-electron chi connectivity index (χ2n) is 5.26. The number of rotatable bonds is 6. The molecule has 3 heteroatoms. The van der Waals surface area contributed by atoms with Gasteiger partial charge in [0.15, 0.2) is 0 Å². The highest BCUT2D eigenvalue weighted by molar-refractivity contribution is 4.89. The highest BCUT2D eigenvalue weighted by Crippen LogP contribution is 2.28. The molecule has 0 aromatic rings. The number of methoxy groups -OCH3 is 1. The zero-order valence-electron chi connectivity index (χ0n) is 10.5. The molecule has 15 heavy (non-hydrogen) atoms. The number of nitrogens with zero attached hydrogens (tertiary/aromatic N) is 1. The fraction of sp³-hybridized carbons (Fsp3) is 1.00. The first-order valence-electron chi connectivity index (χ1n) is 6.06. The second kappa shape index (κ2) is 5.83. The van der Waals surface area contributed by atoms with Crippen molar-refractivity contribution in [3.8, 4) is 0 Å². The highest BCUT2D eigenvalue weighted by atomic mass is 16.5. The lowest BCUT2D eigenvalue weighted by Crippen LogP contribution is -2.45. The number of hydrogen-bond acceptors (Lipinski definition) is 3. The van der Waals surface area contributed by atoms with E-state index in [1.807, 2.05) is 0 Å². The summed E-state index contributed by atoms with van der Waals surface area (Å²) in [6, 6.07) is 0.303. The van der Waals surface area contributed by atoms with Crippen molar-refractivity contribution in [1.29, 1.82) is 0 Å². The van der Waals surface area contributed by atoms with Crippen molar-refractivity contribution < 1.29 is 4.74 Å². The molecule has 1 rings (SSSR count). The van der Waals surface area contributed by atoms with Gasteiger partial charge in [0.05, 0.1) is 0 Å². The quantitative estimate of drug-likeness (QED) is 0.683. The van der Waals surface area contributed by atoms with Crippen LogP contribution >= 0.6 is 0 Å². The van der Waals surface area contributed by atoms with Gasteiger partial charge in [-0.05, 0) is 46.1 Å². The van der Waals surface area contributed by atoms with Crippen LogP contribution < -0.4 is 5.73 Å². The van der Waals surface area contributed by atoms with Crippen LogP contribution in [0.4, 0.5) is 0 Å². The molecule has 0 saturated carbocycles. The summed E-state index contributed by atoms with van der Waals surface area (Å²) in [6.07, 6.45) is 4.77. The van der Waals surface area contributed by atoms with Gasteiger partial charge in [-0.25, -0.2) is 0 Å². The Balaban J connectivity index is 2.22. The lowest BCUT2D eigenvalue weighted by atomic mass is 10.0. The van der Waals surface area contributed by atoms with Gasteiger partial charge < -0.3 is 10.5 Å². The Bertz CT molecular complexity index is 182. The van der Waals surface area contributed by atoms with Gasteiger partial charge in [-0.15, -0.1) is 0 Å². The maximum absolute atomic E-state index is 6.12. The van der Waals surface area contributed by atoms with Crippen LogP contribution in [0.2, 0.25) is 0 Å². The monoisotopic (exact) mass is 214 g/mol. The molecular formula is C12H26N2O. The molecule has 1 aliphatic heterocycles. The molecule has 0 aromatic carbocycles. The van der Waals surface area contributed by atoms with Gasteiger partial charge in [-0.2, -0.15) is 0 Å². The number of hydrogen-bond donors (Lipinski definition) is 1. The third-order valence-corrected chi connectivity index (χ3v) is 3.45. The Labute approximate surface area is 94.0 Å². The maximum atomic E-state index is 6.12. The molecule has 1 heterocycles. The average molecular weight is 214 g/mol. The van der Waals surface area contributed by atoms with E-state index in [4.69, 9.17) is 10.5 Å². The summed E-state index contributed by atoms with van der Waals surface area (Å²) in [6.45, 7) is 7.72. The first-order chi connectivity index (χ1) is 7.06. The smallest absolute Gasteiger partial charge is 0.0462 e. The van der Waals surface area contributed by atoms with Crippen LogP contribution in [0.15, 0.2) is 0 Å². The van der Waals surface area contributed by atoms with Gasteiger partial charge >= 0.3 is 0 Å². The van der Waals surface area contributed by atoms with Crippen LogP contribution in [0.3, 0.4) is 0 Å². The zero-order valence-corrected chi connectivity index (χ0v) is 10.5. The SMILES string of the molecule is COCCCC(N)CN1CCCC1(C)C. The molecule has 0 spiro atoms. The molecule has 1 aliphatic rings. The van der Waals surface area contributed by atoms with Gasteiger partial charge in [0.25, 0.3) is 0 Å². The predicted molar refractivity (Wildman–Crippen MR) is 64.0 cm³/mol. The van der Waals surface area contributed by atoms with Gasteiger partial charge in [-0.3, -0.25) is 4.90 Å². The van der Waals surface area contributed by atoms with E-state index in [1.54, 1.807) is 7.11 Å². The van der Waals surface area contributed by atoms with E-state index in [0.717, 1.165) is 26.0 Å². The average Bonchev–Trinajstić information content (AvgIpc) is 2.46. The lowest BCUT2D eigenvalue weighted by molar-refractivity contribution is 0.154. The molecule has 1 atom stereocenters. The normalized spacial score (nSPS) is 23.2. The van der Waals surface area contributed by atoms with Crippen molar-refractivity contribution in [2.45, 2.75) is 51.1 Å². The molecule has 90 valence electrons. The largest absolute Gasteiger partial charge is 0.385 e. The number of likely N-dealkylation sites (tertiary alicyclic amines) is 1. The van der Waals surface area contributed by atoms with E-state index in [1.165, 1.54) is 19.4 Å². The third kappa shape index (κ3) is 4.09. The minimum atomic E-state index is 0.303. The molecule has 0 aromatic heterocycles. The van der Waals surface area contributed by atoms with Crippen molar-refractivity contribution in [2.24, 2.45) is 5.73 Å². The molecule has 0 aliphatic carbocycles. The van der Waals surface area contributed by atoms with Crippen LogP contribution in [0.25, 0.3) is 0 Å². The third-order valence-electron chi connectivity index (χ3n) is 3.45. The van der Waals surface area contributed by atoms with Gasteiger partial charge in [0.1, 0.15) is 0 Å². The molecule has 3 nitrogen and oxygen atoms in total. The minimum absolute atomic E-state index is 0.303. The Morgan fingerprint density at radius 3 is 2.73 bits per heavy atom. The molecule has 2 N–H and O–H groups in total. The Kier molecular flexibility index (Phi) is 5.03. The zero-order chi connectivity index (χ0) is 11.3. The Hall–Kier alpha value is -0.120. The summed E-state index contributed by atoms with van der Waals surface area (Å²) in [7, 11) is 1.75. The van der Waals surface area contributed by atoms with E-state index in [9.17, 15) is 0 Å². The summed E-state index contributed by atoms with van der Waals surface area (Å²) in [4.78, 5) is 2.53. The Morgan fingerprint density at radius 1 is 1.47 bits per heavy atom. The van der Waals surface area contributed by atoms with E-state index in [2.05, 4.69) is 18.7 Å². The number of nitrogens with two attached hydrogens (primary N) is 1. The van der Waals surface area contributed by atoms with Crippen molar-refractivity contribution in [3.05, 3.63) is 0 Å². The topological polar surface area (TPSA) is 38.5 Å². The summed E-state index contributed by atoms with van der Waals surface area (Å²) in [5.74, 6) is 0. The summed E-state index contributed by atoms with van der Waals surface area (Å²) < 4.78 is 5.03. The minimum Gasteiger partial charge on any atom is -0.385 e. The van der Waals surface area contributed by atoms with Crippen LogP contribution in [0.5, 0.6) is 0 Å². The second-order valence-corrected chi connectivity index (χ2v) is 5.26. The molecule has 1 saturated heterocycles.